The van der Waals surface area contributed by atoms with Crippen LogP contribution in [0.15, 0.2) is 47.6 Å². The van der Waals surface area contributed by atoms with Gasteiger partial charge in [-0.05, 0) is 43.7 Å². The number of nitrogens with zero attached hydrogens (tertiary/aromatic N) is 3. The molecule has 1 unspecified atom stereocenters. The Kier molecular flexibility index (Phi) is 6.63. The Morgan fingerprint density at radius 2 is 2.00 bits per heavy atom. The van der Waals surface area contributed by atoms with E-state index in [1.165, 1.54) is 23.9 Å². The molecule has 1 heterocycles. The summed E-state index contributed by atoms with van der Waals surface area (Å²) in [5.74, 6) is 1.54. The van der Waals surface area contributed by atoms with Crippen LogP contribution in [0.5, 0.6) is 5.75 Å². The van der Waals surface area contributed by atoms with E-state index in [1.807, 2.05) is 24.5 Å². The van der Waals surface area contributed by atoms with Crippen molar-refractivity contribution in [3.63, 3.8) is 0 Å². The van der Waals surface area contributed by atoms with Crippen molar-refractivity contribution < 1.29 is 9.13 Å². The number of hydrogen-bond acceptors (Lipinski definition) is 4. The fraction of sp³-hybridized carbons (Fsp3) is 0.263. The zero-order valence-electron chi connectivity index (χ0n) is 14.8. The molecule has 0 aliphatic heterocycles. The van der Waals surface area contributed by atoms with Crippen LogP contribution in [0.3, 0.4) is 0 Å². The predicted molar refractivity (Wildman–Crippen MR) is 107 cm³/mol. The average Bonchev–Trinajstić information content (AvgIpc) is 3.06. The Labute approximate surface area is 171 Å². The van der Waals surface area contributed by atoms with Crippen LogP contribution in [0, 0.1) is 5.82 Å². The van der Waals surface area contributed by atoms with Gasteiger partial charge >= 0.3 is 0 Å². The molecular formula is C19H18Cl2FN3OS. The van der Waals surface area contributed by atoms with Crippen LogP contribution >= 0.6 is 35.0 Å². The monoisotopic (exact) mass is 425 g/mol. The zero-order valence-corrected chi connectivity index (χ0v) is 17.2. The molecule has 0 saturated carbocycles. The molecule has 0 spiro atoms. The van der Waals surface area contributed by atoms with Crippen molar-refractivity contribution in [2.75, 3.05) is 0 Å². The third-order valence-corrected chi connectivity index (χ3v) is 5.46. The molecule has 2 aromatic carbocycles. The minimum atomic E-state index is -0.364. The van der Waals surface area contributed by atoms with Gasteiger partial charge in [-0.2, -0.15) is 0 Å². The summed E-state index contributed by atoms with van der Waals surface area (Å²) in [4.78, 5) is 0. The van der Waals surface area contributed by atoms with E-state index in [9.17, 15) is 4.39 Å². The highest BCUT2D eigenvalue weighted by atomic mass is 35.5. The van der Waals surface area contributed by atoms with Crippen LogP contribution in [0.4, 0.5) is 4.39 Å². The van der Waals surface area contributed by atoms with E-state index in [0.29, 0.717) is 33.9 Å². The van der Waals surface area contributed by atoms with E-state index >= 15 is 0 Å². The molecule has 27 heavy (non-hydrogen) atoms. The van der Waals surface area contributed by atoms with Gasteiger partial charge in [-0.3, -0.25) is 0 Å². The molecule has 4 nitrogen and oxygen atoms in total. The van der Waals surface area contributed by atoms with Crippen molar-refractivity contribution in [3.05, 3.63) is 69.7 Å². The highest BCUT2D eigenvalue weighted by Gasteiger charge is 2.20. The third-order valence-electron chi connectivity index (χ3n) is 3.88. The largest absolute Gasteiger partial charge is 0.481 e. The van der Waals surface area contributed by atoms with E-state index in [1.54, 1.807) is 24.3 Å². The smallest absolute Gasteiger partial charge is 0.191 e. The van der Waals surface area contributed by atoms with Gasteiger partial charge in [0.15, 0.2) is 17.1 Å². The molecule has 8 heteroatoms. The first-order valence-electron chi connectivity index (χ1n) is 8.40. The molecule has 3 aromatic rings. The van der Waals surface area contributed by atoms with E-state index in [-0.39, 0.29) is 11.9 Å². The molecule has 0 saturated heterocycles. The lowest BCUT2D eigenvalue weighted by Gasteiger charge is -2.16. The third kappa shape index (κ3) is 4.94. The number of benzene rings is 2. The van der Waals surface area contributed by atoms with Crippen molar-refractivity contribution in [1.82, 2.24) is 14.8 Å². The van der Waals surface area contributed by atoms with Gasteiger partial charge in [0.25, 0.3) is 0 Å². The summed E-state index contributed by atoms with van der Waals surface area (Å²) < 4.78 is 21.3. The molecule has 0 aliphatic rings. The fourth-order valence-electron chi connectivity index (χ4n) is 2.59. The van der Waals surface area contributed by atoms with Crippen LogP contribution in [-0.4, -0.2) is 14.8 Å². The highest BCUT2D eigenvalue weighted by Crippen LogP contribution is 2.32. The Balaban J connectivity index is 1.75. The summed E-state index contributed by atoms with van der Waals surface area (Å²) in [6, 6.07) is 11.6. The van der Waals surface area contributed by atoms with Gasteiger partial charge in [0, 0.05) is 23.4 Å². The number of hydrogen-bond donors (Lipinski definition) is 0. The molecule has 1 atom stereocenters. The van der Waals surface area contributed by atoms with Gasteiger partial charge < -0.3 is 9.30 Å². The summed E-state index contributed by atoms with van der Waals surface area (Å²) >= 11 is 13.7. The number of halogens is 3. The number of rotatable bonds is 7. The lowest BCUT2D eigenvalue weighted by Crippen LogP contribution is -2.12. The maximum absolute atomic E-state index is 13.3. The minimum Gasteiger partial charge on any atom is -0.481 e. The second kappa shape index (κ2) is 8.95. The van der Waals surface area contributed by atoms with Crippen LogP contribution in [0.2, 0.25) is 10.0 Å². The van der Waals surface area contributed by atoms with Crippen LogP contribution in [0.1, 0.15) is 31.3 Å². The van der Waals surface area contributed by atoms with Crippen LogP contribution in [-0.2, 0) is 12.3 Å². The maximum Gasteiger partial charge on any atom is 0.191 e. The second-order valence-corrected chi connectivity index (χ2v) is 7.62. The molecule has 142 valence electrons. The molecule has 3 rings (SSSR count). The van der Waals surface area contributed by atoms with E-state index in [2.05, 4.69) is 10.2 Å². The first-order chi connectivity index (χ1) is 13.0. The van der Waals surface area contributed by atoms with Crippen molar-refractivity contribution in [1.29, 1.82) is 0 Å². The second-order valence-electron chi connectivity index (χ2n) is 5.84. The molecule has 0 N–H and O–H groups in total. The standard InChI is InChI=1S/C19H18Cl2FN3OS/c1-3-25-18(12(2)26-17-10-14(20)7-8-16(17)21)23-24-19(25)27-11-13-5-4-6-15(22)9-13/h4-10,12H,3,11H2,1-2H3. The maximum atomic E-state index is 13.3. The topological polar surface area (TPSA) is 39.9 Å². The quantitative estimate of drug-likeness (QED) is 0.423. The van der Waals surface area contributed by atoms with Gasteiger partial charge in [-0.1, -0.05) is 47.1 Å². The Morgan fingerprint density at radius 1 is 1.19 bits per heavy atom. The van der Waals surface area contributed by atoms with Crippen LogP contribution < -0.4 is 4.74 Å². The van der Waals surface area contributed by atoms with E-state index in [4.69, 9.17) is 27.9 Å². The zero-order chi connectivity index (χ0) is 19.4. The first kappa shape index (κ1) is 20.0. The molecule has 0 fully saturated rings. The summed E-state index contributed by atoms with van der Waals surface area (Å²) in [5, 5.41) is 10.3. The average molecular weight is 426 g/mol. The first-order valence-corrected chi connectivity index (χ1v) is 10.1. The van der Waals surface area contributed by atoms with Crippen LogP contribution in [0.25, 0.3) is 0 Å². The Bertz CT molecular complexity index is 935. The van der Waals surface area contributed by atoms with Gasteiger partial charge in [0.2, 0.25) is 0 Å². The number of aromatic nitrogens is 3. The van der Waals surface area contributed by atoms with Crippen molar-refractivity contribution in [2.24, 2.45) is 0 Å². The van der Waals surface area contributed by atoms with E-state index < -0.39 is 0 Å². The lowest BCUT2D eigenvalue weighted by atomic mass is 10.2. The lowest BCUT2D eigenvalue weighted by molar-refractivity contribution is 0.210. The van der Waals surface area contributed by atoms with Crippen molar-refractivity contribution in [2.45, 2.75) is 37.4 Å². The molecule has 0 radical (unpaired) electrons. The van der Waals surface area contributed by atoms with Crippen molar-refractivity contribution in [3.8, 4) is 5.75 Å². The Hall–Kier alpha value is -1.76. The number of ether oxygens (including phenoxy) is 1. The molecule has 0 bridgehead atoms. The fourth-order valence-corrected chi connectivity index (χ4v) is 3.87. The molecular weight excluding hydrogens is 408 g/mol. The van der Waals surface area contributed by atoms with Crippen molar-refractivity contribution >= 4 is 35.0 Å². The van der Waals surface area contributed by atoms with Gasteiger partial charge in [0.05, 0.1) is 5.02 Å². The van der Waals surface area contributed by atoms with Gasteiger partial charge in [0.1, 0.15) is 11.6 Å². The molecule has 1 aromatic heterocycles. The van der Waals surface area contributed by atoms with E-state index in [0.717, 1.165) is 10.7 Å². The number of thioether (sulfide) groups is 1. The summed E-state index contributed by atoms with van der Waals surface area (Å²) in [6.07, 6.45) is -0.364. The normalized spacial score (nSPS) is 12.2. The summed E-state index contributed by atoms with van der Waals surface area (Å²) in [7, 11) is 0. The summed E-state index contributed by atoms with van der Waals surface area (Å²) in [5.41, 5.74) is 0.891. The van der Waals surface area contributed by atoms with Gasteiger partial charge in [-0.15, -0.1) is 10.2 Å². The summed E-state index contributed by atoms with van der Waals surface area (Å²) in [6.45, 7) is 4.58. The minimum absolute atomic E-state index is 0.244. The Morgan fingerprint density at radius 3 is 2.74 bits per heavy atom. The SMILES string of the molecule is CCn1c(SCc2cccc(F)c2)nnc1C(C)Oc1cc(Cl)ccc1Cl. The van der Waals surface area contributed by atoms with Gasteiger partial charge in [-0.25, -0.2) is 4.39 Å². The molecule has 0 aliphatic carbocycles. The predicted octanol–water partition coefficient (Wildman–Crippen LogP) is 6.18. The highest BCUT2D eigenvalue weighted by molar-refractivity contribution is 7.98. The molecule has 0 amide bonds.